The highest BCUT2D eigenvalue weighted by Gasteiger charge is 2.23. The molecule has 5 N–H and O–H groups in total. The van der Waals surface area contributed by atoms with Gasteiger partial charge in [0.25, 0.3) is 5.91 Å². The summed E-state index contributed by atoms with van der Waals surface area (Å²) < 4.78 is 34.2. The van der Waals surface area contributed by atoms with Gasteiger partial charge in [-0.2, -0.15) is 0 Å². The normalized spacial score (nSPS) is 15.9. The Morgan fingerprint density at radius 1 is 1.24 bits per heavy atom. The van der Waals surface area contributed by atoms with Crippen molar-refractivity contribution in [3.05, 3.63) is 60.1 Å². The van der Waals surface area contributed by atoms with Gasteiger partial charge in [0.15, 0.2) is 11.5 Å². The number of halogens is 2. The van der Waals surface area contributed by atoms with Crippen LogP contribution in [0.4, 0.5) is 25.8 Å². The fourth-order valence-electron chi connectivity index (χ4n) is 3.86. The fraction of sp³-hybridized carbons (Fsp3) is 0.261. The van der Waals surface area contributed by atoms with Crippen LogP contribution in [0.25, 0.3) is 11.3 Å². The lowest BCUT2D eigenvalue weighted by Gasteiger charge is -2.33. The Morgan fingerprint density at radius 3 is 2.82 bits per heavy atom. The van der Waals surface area contributed by atoms with E-state index in [4.69, 9.17) is 16.2 Å². The number of methoxy groups -OCH3 is 1. The predicted molar refractivity (Wildman–Crippen MR) is 122 cm³/mol. The Kier molecular flexibility index (Phi) is 6.36. The molecule has 3 aromatic rings. The van der Waals surface area contributed by atoms with E-state index in [0.29, 0.717) is 18.0 Å². The van der Waals surface area contributed by atoms with E-state index in [2.05, 4.69) is 20.2 Å². The summed E-state index contributed by atoms with van der Waals surface area (Å²) in [6.45, 7) is 1.43. The van der Waals surface area contributed by atoms with Crippen molar-refractivity contribution in [2.24, 2.45) is 5.73 Å². The lowest BCUT2D eigenvalue weighted by atomic mass is 10.1. The molecule has 1 unspecified atom stereocenters. The number of aromatic nitrogens is 2. The van der Waals surface area contributed by atoms with Gasteiger partial charge in [0, 0.05) is 37.0 Å². The molecule has 1 saturated heterocycles. The first kappa shape index (κ1) is 22.4. The quantitative estimate of drug-likeness (QED) is 0.542. The van der Waals surface area contributed by atoms with Crippen molar-refractivity contribution in [1.29, 1.82) is 0 Å². The van der Waals surface area contributed by atoms with E-state index in [1.807, 2.05) is 0 Å². The number of benzene rings is 1. The number of piperidine rings is 1. The maximum atomic E-state index is 14.7. The SMILES string of the molecule is COc1ccc(F)c(-c2nc(C(=O)Nc3cnccc3N3CCCC(N)C3)c(N)cc2F)c1. The number of hydrogen-bond donors (Lipinski definition) is 3. The average Bonchev–Trinajstić information content (AvgIpc) is 2.80. The standard InChI is InChI=1S/C23H24F2N6O2/c1-33-14-4-5-16(24)15(9-14)21-17(25)10-18(27)22(30-21)23(32)29-19-11-28-7-6-20(19)31-8-2-3-13(26)12-31/h4-7,9-11,13H,2-3,8,12,26-27H2,1H3,(H,29,32). The van der Waals surface area contributed by atoms with Gasteiger partial charge >= 0.3 is 0 Å². The van der Waals surface area contributed by atoms with Crippen LogP contribution in [0.5, 0.6) is 5.75 Å². The highest BCUT2D eigenvalue weighted by molar-refractivity contribution is 6.08. The molecule has 0 spiro atoms. The molecule has 0 aliphatic carbocycles. The lowest BCUT2D eigenvalue weighted by Crippen LogP contribution is -2.43. The Morgan fingerprint density at radius 2 is 2.06 bits per heavy atom. The zero-order valence-electron chi connectivity index (χ0n) is 18.0. The van der Waals surface area contributed by atoms with E-state index in [9.17, 15) is 13.6 Å². The highest BCUT2D eigenvalue weighted by atomic mass is 19.1. The Bertz CT molecular complexity index is 1190. The highest BCUT2D eigenvalue weighted by Crippen LogP contribution is 2.31. The minimum absolute atomic E-state index is 0.0326. The van der Waals surface area contributed by atoms with Crippen LogP contribution < -0.4 is 26.4 Å². The molecule has 1 aliphatic heterocycles. The average molecular weight is 454 g/mol. The number of pyridine rings is 2. The number of amides is 1. The van der Waals surface area contributed by atoms with Crippen LogP contribution in [0.2, 0.25) is 0 Å². The number of nitrogen functional groups attached to an aromatic ring is 1. The second kappa shape index (κ2) is 9.37. The van der Waals surface area contributed by atoms with Gasteiger partial charge < -0.3 is 26.4 Å². The molecule has 4 rings (SSSR count). The molecule has 0 bridgehead atoms. The maximum Gasteiger partial charge on any atom is 0.276 e. The second-order valence-corrected chi connectivity index (χ2v) is 7.80. The Balaban J connectivity index is 1.67. The largest absolute Gasteiger partial charge is 0.497 e. The molecule has 1 fully saturated rings. The van der Waals surface area contributed by atoms with Crippen LogP contribution >= 0.6 is 0 Å². The Hall–Kier alpha value is -3.79. The van der Waals surface area contributed by atoms with Gasteiger partial charge in [-0.1, -0.05) is 0 Å². The zero-order valence-corrected chi connectivity index (χ0v) is 18.0. The van der Waals surface area contributed by atoms with Crippen LogP contribution in [-0.2, 0) is 0 Å². The van der Waals surface area contributed by atoms with E-state index < -0.39 is 17.5 Å². The predicted octanol–water partition coefficient (Wildman–Crippen LogP) is 3.19. The number of hydrogen-bond acceptors (Lipinski definition) is 7. The summed E-state index contributed by atoms with van der Waals surface area (Å²) >= 11 is 0. The van der Waals surface area contributed by atoms with Crippen LogP contribution in [0, 0.1) is 11.6 Å². The number of nitrogens with zero attached hydrogens (tertiary/aromatic N) is 3. The summed E-state index contributed by atoms with van der Waals surface area (Å²) in [4.78, 5) is 23.3. The topological polar surface area (TPSA) is 119 Å². The lowest BCUT2D eigenvalue weighted by molar-refractivity contribution is 0.102. The van der Waals surface area contributed by atoms with Gasteiger partial charge in [0.05, 0.1) is 30.4 Å². The molecule has 172 valence electrons. The molecule has 1 amide bonds. The minimum Gasteiger partial charge on any atom is -0.497 e. The van der Waals surface area contributed by atoms with Crippen molar-refractivity contribution < 1.29 is 18.3 Å². The van der Waals surface area contributed by atoms with Crippen LogP contribution in [-0.4, -0.2) is 42.1 Å². The molecule has 33 heavy (non-hydrogen) atoms. The summed E-state index contributed by atoms with van der Waals surface area (Å²) in [5.74, 6) is -1.93. The number of carbonyl (C=O) groups excluding carboxylic acids is 1. The number of ether oxygens (including phenoxy) is 1. The summed E-state index contributed by atoms with van der Waals surface area (Å²) in [6.07, 6.45) is 5.00. The summed E-state index contributed by atoms with van der Waals surface area (Å²) in [5, 5.41) is 2.75. The van der Waals surface area contributed by atoms with Crippen LogP contribution in [0.1, 0.15) is 23.3 Å². The third-order valence-corrected chi connectivity index (χ3v) is 5.49. The van der Waals surface area contributed by atoms with E-state index in [1.165, 1.54) is 25.4 Å². The van der Waals surface area contributed by atoms with Gasteiger partial charge in [-0.25, -0.2) is 13.8 Å². The van der Waals surface area contributed by atoms with Gasteiger partial charge in [-0.3, -0.25) is 9.78 Å². The van der Waals surface area contributed by atoms with Crippen molar-refractivity contribution in [3.63, 3.8) is 0 Å². The number of nitrogens with two attached hydrogens (primary N) is 2. The first-order valence-electron chi connectivity index (χ1n) is 10.4. The molecule has 1 atom stereocenters. The van der Waals surface area contributed by atoms with Crippen LogP contribution in [0.3, 0.4) is 0 Å². The molecular weight excluding hydrogens is 430 g/mol. The zero-order chi connectivity index (χ0) is 23.5. The van der Waals surface area contributed by atoms with Crippen LogP contribution in [0.15, 0.2) is 42.7 Å². The first-order chi connectivity index (χ1) is 15.9. The van der Waals surface area contributed by atoms with E-state index in [1.54, 1.807) is 12.3 Å². The number of anilines is 3. The molecule has 0 saturated carbocycles. The maximum absolute atomic E-state index is 14.7. The van der Waals surface area contributed by atoms with Gasteiger partial charge in [0.1, 0.15) is 17.3 Å². The third-order valence-electron chi connectivity index (χ3n) is 5.49. The third kappa shape index (κ3) is 4.70. The molecule has 1 aromatic carbocycles. The molecule has 0 radical (unpaired) electrons. The van der Waals surface area contributed by atoms with Crippen molar-refractivity contribution in [3.8, 4) is 17.0 Å². The van der Waals surface area contributed by atoms with Crippen molar-refractivity contribution >= 4 is 23.0 Å². The van der Waals surface area contributed by atoms with E-state index >= 15 is 0 Å². The van der Waals surface area contributed by atoms with Gasteiger partial charge in [-0.15, -0.1) is 0 Å². The van der Waals surface area contributed by atoms with Crippen molar-refractivity contribution in [1.82, 2.24) is 9.97 Å². The molecule has 8 nitrogen and oxygen atoms in total. The molecular formula is C23H24F2N6O2. The summed E-state index contributed by atoms with van der Waals surface area (Å²) in [5.41, 5.74) is 12.3. The number of nitrogens with one attached hydrogen (secondary N) is 1. The second-order valence-electron chi connectivity index (χ2n) is 7.80. The van der Waals surface area contributed by atoms with Gasteiger partial charge in [0.2, 0.25) is 0 Å². The molecule has 3 heterocycles. The van der Waals surface area contributed by atoms with E-state index in [0.717, 1.165) is 37.2 Å². The van der Waals surface area contributed by atoms with E-state index in [-0.39, 0.29) is 28.7 Å². The van der Waals surface area contributed by atoms with Gasteiger partial charge in [-0.05, 0) is 37.1 Å². The summed E-state index contributed by atoms with van der Waals surface area (Å²) in [7, 11) is 1.41. The smallest absolute Gasteiger partial charge is 0.276 e. The monoisotopic (exact) mass is 454 g/mol. The number of rotatable bonds is 5. The molecule has 2 aromatic heterocycles. The minimum atomic E-state index is -0.861. The first-order valence-corrected chi connectivity index (χ1v) is 10.4. The molecule has 1 aliphatic rings. The van der Waals surface area contributed by atoms with Crippen molar-refractivity contribution in [2.45, 2.75) is 18.9 Å². The fourth-order valence-corrected chi connectivity index (χ4v) is 3.86. The molecule has 10 heteroatoms. The summed E-state index contributed by atoms with van der Waals surface area (Å²) in [6, 6.07) is 6.60. The van der Waals surface area contributed by atoms with Crippen molar-refractivity contribution in [2.75, 3.05) is 36.1 Å². The Labute approximate surface area is 189 Å². The number of carbonyl (C=O) groups is 1.